The Kier molecular flexibility index (Phi) is 8.02. The third-order valence-electron chi connectivity index (χ3n) is 8.12. The van der Waals surface area contributed by atoms with Gasteiger partial charge in [0.25, 0.3) is 0 Å². The number of carbonyl (C=O) groups excluding carboxylic acids is 3. The monoisotopic (exact) mass is 602 g/mol. The number of nitrogen functional groups attached to an aromatic ring is 1. The van der Waals surface area contributed by atoms with Crippen molar-refractivity contribution in [2.75, 3.05) is 37.3 Å². The maximum atomic E-state index is 14.2. The van der Waals surface area contributed by atoms with E-state index in [2.05, 4.69) is 27.2 Å². The fourth-order valence-corrected chi connectivity index (χ4v) is 6.84. The summed E-state index contributed by atoms with van der Waals surface area (Å²) < 4.78 is 0.930. The first-order chi connectivity index (χ1) is 20.9. The number of unbranched alkanes of at least 4 members (excludes halogenated alkanes) is 1. The van der Waals surface area contributed by atoms with Crippen LogP contribution >= 0.6 is 11.3 Å². The fourth-order valence-electron chi connectivity index (χ4n) is 6.06. The van der Waals surface area contributed by atoms with Crippen molar-refractivity contribution in [3.05, 3.63) is 53.1 Å². The first-order valence-corrected chi connectivity index (χ1v) is 15.2. The van der Waals surface area contributed by atoms with E-state index in [1.807, 2.05) is 43.3 Å². The van der Waals surface area contributed by atoms with E-state index < -0.39 is 18.2 Å². The summed E-state index contributed by atoms with van der Waals surface area (Å²) in [6.07, 6.45) is 1.39. The molecule has 0 spiro atoms. The number of anilines is 2. The molecule has 3 aliphatic rings. The van der Waals surface area contributed by atoms with Crippen molar-refractivity contribution in [1.82, 2.24) is 35.5 Å². The minimum atomic E-state index is -0.789. The number of amides is 4. The molecule has 224 valence electrons. The third kappa shape index (κ3) is 5.54. The second-order valence-electron chi connectivity index (χ2n) is 10.9. The molecule has 43 heavy (non-hydrogen) atoms. The van der Waals surface area contributed by atoms with E-state index in [0.717, 1.165) is 45.4 Å². The standard InChI is InChI=1S/C29H34N10O3S/c1-2-3-10-32-29(42)37(11-9-30)38-17-25(40)39-22(13-18-7-8-21-20(12-18)14-33-35-21)27(41)36(16-24(38)39)15-19-5-4-6-23-26(19)34-28(31)43-23/h4-8,12,22,24,33,35H,2-3,10-11,13-17H2,1H3,(H2,31,34)(H,32,42)/t22-,24+/m0/s1. The van der Waals surface area contributed by atoms with Crippen LogP contribution in [0.25, 0.3) is 10.2 Å². The molecule has 2 aromatic carbocycles. The van der Waals surface area contributed by atoms with Crippen molar-refractivity contribution in [3.63, 3.8) is 0 Å². The summed E-state index contributed by atoms with van der Waals surface area (Å²) in [5, 5.41) is 15.9. The molecule has 14 heteroatoms. The highest BCUT2D eigenvalue weighted by Crippen LogP contribution is 2.33. The molecule has 2 atom stereocenters. The molecule has 4 amide bonds. The van der Waals surface area contributed by atoms with E-state index in [1.54, 1.807) is 14.8 Å². The second kappa shape index (κ2) is 12.0. The SMILES string of the molecule is CCCCNC(=O)N(CC#N)N1CC(=O)N2[C@@H](Cc3ccc4c(c3)CNN4)C(=O)N(Cc3cccc4sc(N)nc34)C[C@@H]21. The van der Waals surface area contributed by atoms with E-state index >= 15 is 0 Å². The van der Waals surface area contributed by atoms with E-state index in [4.69, 9.17) is 5.73 Å². The lowest BCUT2D eigenvalue weighted by molar-refractivity contribution is -0.157. The average molecular weight is 603 g/mol. The lowest BCUT2D eigenvalue weighted by Crippen LogP contribution is -2.66. The Labute approximate surface area is 253 Å². The number of urea groups is 1. The number of benzene rings is 2. The lowest BCUT2D eigenvalue weighted by atomic mass is 9.98. The first kappa shape index (κ1) is 28.7. The second-order valence-corrected chi connectivity index (χ2v) is 12.0. The number of para-hydroxylation sites is 1. The van der Waals surface area contributed by atoms with E-state index in [9.17, 15) is 19.6 Å². The van der Waals surface area contributed by atoms with Crippen LogP contribution in [-0.2, 0) is 29.1 Å². The zero-order chi connectivity index (χ0) is 30.1. The van der Waals surface area contributed by atoms with Gasteiger partial charge in [-0.3, -0.25) is 9.59 Å². The summed E-state index contributed by atoms with van der Waals surface area (Å²) in [5.41, 5.74) is 16.8. The van der Waals surface area contributed by atoms with E-state index in [0.29, 0.717) is 24.6 Å². The van der Waals surface area contributed by atoms with Gasteiger partial charge in [-0.25, -0.2) is 20.2 Å². The number of nitrogens with one attached hydrogen (secondary N) is 3. The number of aromatic nitrogens is 1. The van der Waals surface area contributed by atoms with Gasteiger partial charge in [-0.15, -0.1) is 0 Å². The molecular formula is C29H34N10O3S. The van der Waals surface area contributed by atoms with Gasteiger partial charge >= 0.3 is 6.03 Å². The Balaban J connectivity index is 1.34. The molecule has 2 fully saturated rings. The number of nitrogens with zero attached hydrogens (tertiary/aromatic N) is 6. The fraction of sp³-hybridized carbons (Fsp3) is 0.414. The van der Waals surface area contributed by atoms with Crippen molar-refractivity contribution < 1.29 is 14.4 Å². The van der Waals surface area contributed by atoms with Crippen LogP contribution in [0.2, 0.25) is 0 Å². The maximum absolute atomic E-state index is 14.2. The highest BCUT2D eigenvalue weighted by atomic mass is 32.1. The van der Waals surface area contributed by atoms with Gasteiger partial charge in [0, 0.05) is 26.1 Å². The minimum Gasteiger partial charge on any atom is -0.375 e. The van der Waals surface area contributed by atoms with Crippen LogP contribution in [-0.4, -0.2) is 81.0 Å². The minimum absolute atomic E-state index is 0.110. The largest absolute Gasteiger partial charge is 0.375 e. The highest BCUT2D eigenvalue weighted by molar-refractivity contribution is 7.22. The van der Waals surface area contributed by atoms with E-state index in [-0.39, 0.29) is 38.0 Å². The quantitative estimate of drug-likeness (QED) is 0.212. The molecule has 3 aromatic rings. The van der Waals surface area contributed by atoms with Gasteiger partial charge < -0.3 is 26.3 Å². The number of hydrazine groups is 2. The smallest absolute Gasteiger partial charge is 0.333 e. The molecule has 0 radical (unpaired) electrons. The molecule has 2 saturated heterocycles. The number of thiazole rings is 1. The molecular weight excluding hydrogens is 568 g/mol. The number of carbonyl (C=O) groups is 3. The Morgan fingerprint density at radius 2 is 2.16 bits per heavy atom. The molecule has 0 bridgehead atoms. The topological polar surface area (TPSA) is 163 Å². The van der Waals surface area contributed by atoms with Crippen molar-refractivity contribution >= 4 is 50.2 Å². The van der Waals surface area contributed by atoms with E-state index in [1.165, 1.54) is 16.3 Å². The summed E-state index contributed by atoms with van der Waals surface area (Å²) in [6.45, 7) is 3.24. The predicted molar refractivity (Wildman–Crippen MR) is 162 cm³/mol. The van der Waals surface area contributed by atoms with Gasteiger partial charge in [0.2, 0.25) is 11.8 Å². The van der Waals surface area contributed by atoms with Crippen LogP contribution in [0.1, 0.15) is 36.5 Å². The number of nitriles is 1. The van der Waals surface area contributed by atoms with Gasteiger partial charge in [-0.05, 0) is 35.2 Å². The van der Waals surface area contributed by atoms with Crippen LogP contribution in [0.4, 0.5) is 15.6 Å². The average Bonchev–Trinajstić information content (AvgIpc) is 3.70. The Bertz CT molecular complexity index is 1600. The molecule has 13 nitrogen and oxygen atoms in total. The van der Waals surface area contributed by atoms with Crippen molar-refractivity contribution in [2.24, 2.45) is 0 Å². The number of nitrogens with two attached hydrogens (primary N) is 1. The van der Waals surface area contributed by atoms with Gasteiger partial charge in [0.05, 0.1) is 35.1 Å². The zero-order valence-corrected chi connectivity index (χ0v) is 24.7. The predicted octanol–water partition coefficient (Wildman–Crippen LogP) is 1.98. The van der Waals surface area contributed by atoms with Crippen molar-refractivity contribution in [1.29, 1.82) is 5.26 Å². The summed E-state index contributed by atoms with van der Waals surface area (Å²) >= 11 is 1.39. The zero-order valence-electron chi connectivity index (χ0n) is 23.9. The van der Waals surface area contributed by atoms with Crippen LogP contribution in [0.5, 0.6) is 0 Å². The normalized spacial score (nSPS) is 19.7. The molecule has 4 heterocycles. The summed E-state index contributed by atoms with van der Waals surface area (Å²) in [5.74, 6) is -0.436. The molecule has 3 aliphatic heterocycles. The van der Waals surface area contributed by atoms with Gasteiger partial charge in [-0.1, -0.05) is 48.9 Å². The third-order valence-corrected chi connectivity index (χ3v) is 8.97. The number of piperazine rings is 1. The van der Waals surface area contributed by atoms with Crippen LogP contribution in [0, 0.1) is 11.3 Å². The summed E-state index contributed by atoms with van der Waals surface area (Å²) in [6, 6.07) is 12.6. The molecule has 0 aliphatic carbocycles. The van der Waals surface area contributed by atoms with Crippen molar-refractivity contribution in [3.8, 4) is 6.07 Å². The maximum Gasteiger partial charge on any atom is 0.333 e. The van der Waals surface area contributed by atoms with Crippen LogP contribution in [0.15, 0.2) is 36.4 Å². The Morgan fingerprint density at radius 1 is 1.30 bits per heavy atom. The Hall–Kier alpha value is -4.45. The number of hydrogen-bond acceptors (Lipinski definition) is 10. The first-order valence-electron chi connectivity index (χ1n) is 14.4. The van der Waals surface area contributed by atoms with Gasteiger partial charge in [-0.2, -0.15) is 10.3 Å². The molecule has 0 unspecified atom stereocenters. The number of hydrogen-bond donors (Lipinski definition) is 4. The highest BCUT2D eigenvalue weighted by Gasteiger charge is 2.52. The Morgan fingerprint density at radius 3 is 2.98 bits per heavy atom. The van der Waals surface area contributed by atoms with Crippen molar-refractivity contribution in [2.45, 2.75) is 51.5 Å². The summed E-state index contributed by atoms with van der Waals surface area (Å²) in [7, 11) is 0. The number of fused-ring (bicyclic) bond motifs is 3. The van der Waals surface area contributed by atoms with Gasteiger partial charge in [0.1, 0.15) is 18.8 Å². The molecule has 1 aromatic heterocycles. The van der Waals surface area contributed by atoms with Crippen LogP contribution < -0.4 is 21.9 Å². The summed E-state index contributed by atoms with van der Waals surface area (Å²) in [4.78, 5) is 48.9. The molecule has 6 rings (SSSR count). The molecule has 0 saturated carbocycles. The lowest BCUT2D eigenvalue weighted by Gasteiger charge is -2.46. The number of rotatable bonds is 9. The van der Waals surface area contributed by atoms with Gasteiger partial charge in [0.15, 0.2) is 5.13 Å². The van der Waals surface area contributed by atoms with Crippen LogP contribution in [0.3, 0.4) is 0 Å². The molecule has 5 N–H and O–H groups in total.